The molecule has 2 aromatic carbocycles. The van der Waals surface area contributed by atoms with Crippen molar-refractivity contribution in [2.45, 2.75) is 12.8 Å². The molecule has 7 heteroatoms. The second-order valence-electron chi connectivity index (χ2n) is 4.92. The quantitative estimate of drug-likeness (QED) is 0.423. The van der Waals surface area contributed by atoms with E-state index < -0.39 is 17.5 Å². The summed E-state index contributed by atoms with van der Waals surface area (Å²) in [6, 6.07) is 8.31. The van der Waals surface area contributed by atoms with Gasteiger partial charge in [-0.1, -0.05) is 6.07 Å². The van der Waals surface area contributed by atoms with Gasteiger partial charge in [-0.3, -0.25) is 0 Å². The minimum Gasteiger partial charge on any atom is -0.238 e. The number of aromatic nitrogens is 1. The Labute approximate surface area is 147 Å². The number of nitriles is 1. The predicted molar refractivity (Wildman–Crippen MR) is 90.8 cm³/mol. The Bertz CT molecular complexity index is 947. The summed E-state index contributed by atoms with van der Waals surface area (Å²) in [7, 11) is 0. The third kappa shape index (κ3) is 3.33. The van der Waals surface area contributed by atoms with E-state index in [1.807, 2.05) is 18.2 Å². The SMILES string of the molecule is N#CCc1cc(I)cc(Cc2nc3c(F)c(F)cc(F)c3s2)c1. The molecule has 0 atom stereocenters. The van der Waals surface area contributed by atoms with Gasteiger partial charge in [-0.2, -0.15) is 5.26 Å². The summed E-state index contributed by atoms with van der Waals surface area (Å²) in [6.45, 7) is 0. The normalized spacial score (nSPS) is 10.9. The Kier molecular flexibility index (Phi) is 4.55. The van der Waals surface area contributed by atoms with E-state index in [-0.39, 0.29) is 16.6 Å². The molecule has 0 aliphatic carbocycles. The van der Waals surface area contributed by atoms with Crippen LogP contribution in [0.1, 0.15) is 16.1 Å². The lowest BCUT2D eigenvalue weighted by Gasteiger charge is -2.03. The van der Waals surface area contributed by atoms with Crippen molar-refractivity contribution in [1.82, 2.24) is 4.98 Å². The maximum absolute atomic E-state index is 13.7. The van der Waals surface area contributed by atoms with Crippen LogP contribution >= 0.6 is 33.9 Å². The Morgan fingerprint density at radius 3 is 2.57 bits per heavy atom. The van der Waals surface area contributed by atoms with Crippen molar-refractivity contribution in [3.63, 3.8) is 0 Å². The number of hydrogen-bond donors (Lipinski definition) is 0. The second-order valence-corrected chi connectivity index (χ2v) is 7.25. The van der Waals surface area contributed by atoms with E-state index in [1.54, 1.807) is 0 Å². The van der Waals surface area contributed by atoms with Crippen molar-refractivity contribution in [2.75, 3.05) is 0 Å². The number of halogens is 4. The van der Waals surface area contributed by atoms with Gasteiger partial charge in [-0.15, -0.1) is 11.3 Å². The maximum Gasteiger partial charge on any atom is 0.186 e. The van der Waals surface area contributed by atoms with Crippen LogP contribution in [-0.2, 0) is 12.8 Å². The number of thiazole rings is 1. The van der Waals surface area contributed by atoms with Crippen LogP contribution in [0.4, 0.5) is 13.2 Å². The van der Waals surface area contributed by atoms with E-state index >= 15 is 0 Å². The zero-order chi connectivity index (χ0) is 16.6. The van der Waals surface area contributed by atoms with Crippen LogP contribution in [0.25, 0.3) is 10.2 Å². The Morgan fingerprint density at radius 1 is 1.09 bits per heavy atom. The van der Waals surface area contributed by atoms with Gasteiger partial charge in [0.1, 0.15) is 11.3 Å². The lowest BCUT2D eigenvalue weighted by Crippen LogP contribution is -1.92. The number of rotatable bonds is 3. The van der Waals surface area contributed by atoms with Crippen LogP contribution in [0.2, 0.25) is 0 Å². The molecule has 0 aliphatic heterocycles. The minimum atomic E-state index is -1.24. The molecule has 0 aliphatic rings. The molecule has 0 radical (unpaired) electrons. The topological polar surface area (TPSA) is 36.7 Å². The molecule has 2 nitrogen and oxygen atoms in total. The van der Waals surface area contributed by atoms with Gasteiger partial charge in [0.2, 0.25) is 0 Å². The van der Waals surface area contributed by atoms with Crippen LogP contribution in [0.5, 0.6) is 0 Å². The van der Waals surface area contributed by atoms with Crippen molar-refractivity contribution in [3.05, 3.63) is 61.4 Å². The molecule has 3 rings (SSSR count). The van der Waals surface area contributed by atoms with E-state index in [1.165, 1.54) is 0 Å². The van der Waals surface area contributed by atoms with Crippen molar-refractivity contribution in [3.8, 4) is 6.07 Å². The third-order valence-electron chi connectivity index (χ3n) is 3.22. The van der Waals surface area contributed by atoms with E-state index in [2.05, 4.69) is 33.6 Å². The molecule has 0 N–H and O–H groups in total. The van der Waals surface area contributed by atoms with Gasteiger partial charge in [-0.05, 0) is 45.9 Å². The highest BCUT2D eigenvalue weighted by atomic mass is 127. The van der Waals surface area contributed by atoms with Crippen molar-refractivity contribution < 1.29 is 13.2 Å². The lowest BCUT2D eigenvalue weighted by atomic mass is 10.1. The fourth-order valence-corrected chi connectivity index (χ4v) is 4.09. The van der Waals surface area contributed by atoms with Gasteiger partial charge >= 0.3 is 0 Å². The Hall–Kier alpha value is -1.66. The van der Waals surface area contributed by atoms with Crippen LogP contribution in [-0.4, -0.2) is 4.98 Å². The minimum absolute atomic E-state index is 0.0155. The van der Waals surface area contributed by atoms with E-state index in [0.717, 1.165) is 26.0 Å². The van der Waals surface area contributed by atoms with Crippen molar-refractivity contribution in [2.24, 2.45) is 0 Å². The summed E-state index contributed by atoms with van der Waals surface area (Å²) in [5.41, 5.74) is 1.49. The van der Waals surface area contributed by atoms with E-state index in [0.29, 0.717) is 17.5 Å². The molecular formula is C16H8F3IN2S. The van der Waals surface area contributed by atoms with Gasteiger partial charge < -0.3 is 0 Å². The molecule has 0 amide bonds. The molecule has 0 saturated heterocycles. The van der Waals surface area contributed by atoms with Gasteiger partial charge in [-0.25, -0.2) is 18.2 Å². The van der Waals surface area contributed by atoms with E-state index in [4.69, 9.17) is 5.26 Å². The molecule has 23 heavy (non-hydrogen) atoms. The number of nitrogens with zero attached hydrogens (tertiary/aromatic N) is 2. The highest BCUT2D eigenvalue weighted by molar-refractivity contribution is 14.1. The second kappa shape index (κ2) is 6.45. The summed E-state index contributed by atoms with van der Waals surface area (Å²) in [4.78, 5) is 4.03. The summed E-state index contributed by atoms with van der Waals surface area (Å²) in [5, 5.41) is 9.29. The molecule has 1 aromatic heterocycles. The Morgan fingerprint density at radius 2 is 1.83 bits per heavy atom. The van der Waals surface area contributed by atoms with Crippen LogP contribution in [0.3, 0.4) is 0 Å². The standard InChI is InChI=1S/C16H8F3IN2S/c17-11-7-12(18)16-15(14(11)19)22-13(23-16)6-9-3-8(1-2-21)4-10(20)5-9/h3-5,7H,1,6H2. The van der Waals surface area contributed by atoms with Crippen molar-refractivity contribution >= 4 is 44.1 Å². The first-order valence-corrected chi connectivity index (χ1v) is 8.45. The first-order valence-electron chi connectivity index (χ1n) is 6.56. The maximum atomic E-state index is 13.7. The fraction of sp³-hybridized carbons (Fsp3) is 0.125. The molecule has 0 bridgehead atoms. The molecule has 0 fully saturated rings. The van der Waals surface area contributed by atoms with Gasteiger partial charge in [0, 0.05) is 16.1 Å². The zero-order valence-electron chi connectivity index (χ0n) is 11.5. The molecular weight excluding hydrogens is 436 g/mol. The number of hydrogen-bond acceptors (Lipinski definition) is 3. The molecule has 116 valence electrons. The summed E-state index contributed by atoms with van der Waals surface area (Å²) in [6.07, 6.45) is 0.660. The smallest absolute Gasteiger partial charge is 0.186 e. The third-order valence-corrected chi connectivity index (χ3v) is 4.90. The highest BCUT2D eigenvalue weighted by Gasteiger charge is 2.17. The molecule has 1 heterocycles. The Balaban J connectivity index is 2.01. The first-order chi connectivity index (χ1) is 11.0. The van der Waals surface area contributed by atoms with Crippen molar-refractivity contribution in [1.29, 1.82) is 5.26 Å². The average Bonchev–Trinajstić information content (AvgIpc) is 2.89. The van der Waals surface area contributed by atoms with Gasteiger partial charge in [0.15, 0.2) is 11.6 Å². The molecule has 0 saturated carbocycles. The first kappa shape index (κ1) is 16.2. The zero-order valence-corrected chi connectivity index (χ0v) is 14.5. The highest BCUT2D eigenvalue weighted by Crippen LogP contribution is 2.30. The monoisotopic (exact) mass is 444 g/mol. The summed E-state index contributed by atoms with van der Waals surface area (Å²) in [5.74, 6) is -3.18. The van der Waals surface area contributed by atoms with Gasteiger partial charge in [0.25, 0.3) is 0 Å². The largest absolute Gasteiger partial charge is 0.238 e. The van der Waals surface area contributed by atoms with Crippen LogP contribution < -0.4 is 0 Å². The molecule has 0 unspecified atom stereocenters. The fourth-order valence-electron chi connectivity index (χ4n) is 2.29. The number of benzene rings is 2. The molecule has 3 aromatic rings. The number of fused-ring (bicyclic) bond motifs is 1. The van der Waals surface area contributed by atoms with Crippen LogP contribution in [0, 0.1) is 32.4 Å². The lowest BCUT2D eigenvalue weighted by molar-refractivity contribution is 0.504. The molecule has 0 spiro atoms. The van der Waals surface area contributed by atoms with Gasteiger partial charge in [0.05, 0.1) is 22.2 Å². The predicted octanol–water partition coefficient (Wildman–Crippen LogP) is 4.98. The van der Waals surface area contributed by atoms with E-state index in [9.17, 15) is 13.2 Å². The van der Waals surface area contributed by atoms with Crippen LogP contribution in [0.15, 0.2) is 24.3 Å². The summed E-state index contributed by atoms with van der Waals surface area (Å²) >= 11 is 3.15. The average molecular weight is 444 g/mol. The summed E-state index contributed by atoms with van der Waals surface area (Å²) < 4.78 is 41.7.